The van der Waals surface area contributed by atoms with Crippen molar-refractivity contribution in [2.24, 2.45) is 0 Å². The number of benzene rings is 2. The molecular formula is C17H18O4. The molecule has 2 aromatic carbocycles. The summed E-state index contributed by atoms with van der Waals surface area (Å²) in [5, 5.41) is 9.58. The third kappa shape index (κ3) is 2.61. The number of ether oxygens (including phenoxy) is 3. The Bertz CT molecular complexity index is 651. The van der Waals surface area contributed by atoms with Crippen LogP contribution in [0.4, 0.5) is 0 Å². The number of aromatic hydroxyl groups is 1. The molecule has 1 unspecified atom stereocenters. The lowest BCUT2D eigenvalue weighted by molar-refractivity contribution is 0.175. The van der Waals surface area contributed by atoms with E-state index in [-0.39, 0.29) is 11.9 Å². The Labute approximate surface area is 123 Å². The standard InChI is InChI=1S/C17H18O4/c1-19-15-8-5-12(9-17(15)20-2)14-7-4-11-3-6-13(18)10-16(11)21-14/h3,5-6,8-10,14,18H,4,7H2,1-2H3. The molecule has 0 amide bonds. The number of hydrogen-bond acceptors (Lipinski definition) is 4. The molecule has 0 saturated carbocycles. The van der Waals surface area contributed by atoms with Crippen LogP contribution in [-0.2, 0) is 6.42 Å². The van der Waals surface area contributed by atoms with E-state index >= 15 is 0 Å². The second-order valence-electron chi connectivity index (χ2n) is 5.05. The van der Waals surface area contributed by atoms with Crippen LogP contribution < -0.4 is 14.2 Å². The molecule has 110 valence electrons. The zero-order valence-electron chi connectivity index (χ0n) is 12.1. The van der Waals surface area contributed by atoms with E-state index < -0.39 is 0 Å². The van der Waals surface area contributed by atoms with Crippen molar-refractivity contribution in [3.8, 4) is 23.0 Å². The van der Waals surface area contributed by atoms with Crippen LogP contribution in [0.25, 0.3) is 0 Å². The molecule has 2 aromatic rings. The first-order valence-corrected chi connectivity index (χ1v) is 6.91. The maximum Gasteiger partial charge on any atom is 0.161 e. The Hall–Kier alpha value is -2.36. The third-order valence-electron chi connectivity index (χ3n) is 3.78. The Balaban J connectivity index is 1.89. The first-order valence-electron chi connectivity index (χ1n) is 6.91. The third-order valence-corrected chi connectivity index (χ3v) is 3.78. The largest absolute Gasteiger partial charge is 0.508 e. The van der Waals surface area contributed by atoms with Crippen molar-refractivity contribution < 1.29 is 19.3 Å². The summed E-state index contributed by atoms with van der Waals surface area (Å²) in [5.41, 5.74) is 2.17. The fraction of sp³-hybridized carbons (Fsp3) is 0.294. The van der Waals surface area contributed by atoms with Gasteiger partial charge < -0.3 is 19.3 Å². The summed E-state index contributed by atoms with van der Waals surface area (Å²) in [4.78, 5) is 0. The number of methoxy groups -OCH3 is 2. The van der Waals surface area contributed by atoms with E-state index in [1.54, 1.807) is 26.4 Å². The number of phenols is 1. The van der Waals surface area contributed by atoms with E-state index in [1.165, 1.54) is 0 Å². The molecule has 0 aromatic heterocycles. The van der Waals surface area contributed by atoms with Crippen LogP contribution in [-0.4, -0.2) is 19.3 Å². The van der Waals surface area contributed by atoms with Gasteiger partial charge in [0.1, 0.15) is 17.6 Å². The molecular weight excluding hydrogens is 268 g/mol. The van der Waals surface area contributed by atoms with E-state index in [0.717, 1.165) is 29.7 Å². The van der Waals surface area contributed by atoms with Gasteiger partial charge in [-0.1, -0.05) is 12.1 Å². The van der Waals surface area contributed by atoms with Crippen molar-refractivity contribution >= 4 is 0 Å². The average molecular weight is 286 g/mol. The molecule has 3 rings (SSSR count). The molecule has 0 saturated heterocycles. The smallest absolute Gasteiger partial charge is 0.161 e. The minimum Gasteiger partial charge on any atom is -0.508 e. The zero-order chi connectivity index (χ0) is 14.8. The molecule has 21 heavy (non-hydrogen) atoms. The normalized spacial score (nSPS) is 16.8. The molecule has 4 heteroatoms. The van der Waals surface area contributed by atoms with Crippen LogP contribution in [0.15, 0.2) is 36.4 Å². The lowest BCUT2D eigenvalue weighted by atomic mass is 9.97. The van der Waals surface area contributed by atoms with Gasteiger partial charge in [-0.15, -0.1) is 0 Å². The summed E-state index contributed by atoms with van der Waals surface area (Å²) in [5.74, 6) is 2.37. The van der Waals surface area contributed by atoms with Gasteiger partial charge in [-0.3, -0.25) is 0 Å². The molecule has 0 radical (unpaired) electrons. The van der Waals surface area contributed by atoms with E-state index in [4.69, 9.17) is 14.2 Å². The number of rotatable bonds is 3. The minimum absolute atomic E-state index is 0.0425. The monoisotopic (exact) mass is 286 g/mol. The SMILES string of the molecule is COc1ccc(C2CCc3ccc(O)cc3O2)cc1OC. The van der Waals surface area contributed by atoms with E-state index in [2.05, 4.69) is 0 Å². The molecule has 1 atom stereocenters. The topological polar surface area (TPSA) is 47.9 Å². The number of hydrogen-bond donors (Lipinski definition) is 1. The van der Waals surface area contributed by atoms with Gasteiger partial charge in [-0.2, -0.15) is 0 Å². The predicted molar refractivity (Wildman–Crippen MR) is 79.3 cm³/mol. The maximum absolute atomic E-state index is 9.58. The first-order chi connectivity index (χ1) is 10.2. The summed E-state index contributed by atoms with van der Waals surface area (Å²) in [6.07, 6.45) is 1.78. The van der Waals surface area contributed by atoms with E-state index in [9.17, 15) is 5.11 Å². The van der Waals surface area contributed by atoms with Crippen molar-refractivity contribution in [2.75, 3.05) is 14.2 Å². The van der Waals surface area contributed by atoms with Gasteiger partial charge in [0.15, 0.2) is 11.5 Å². The lowest BCUT2D eigenvalue weighted by Gasteiger charge is -2.27. The number of aryl methyl sites for hydroxylation is 1. The molecule has 0 bridgehead atoms. The summed E-state index contributed by atoms with van der Waals surface area (Å²) in [6, 6.07) is 11.1. The molecule has 4 nitrogen and oxygen atoms in total. The molecule has 0 aliphatic carbocycles. The van der Waals surface area contributed by atoms with Crippen molar-refractivity contribution in [2.45, 2.75) is 18.9 Å². The highest BCUT2D eigenvalue weighted by molar-refractivity contribution is 5.46. The van der Waals surface area contributed by atoms with Crippen LogP contribution in [0.3, 0.4) is 0 Å². The number of fused-ring (bicyclic) bond motifs is 1. The molecule has 1 aliphatic rings. The van der Waals surface area contributed by atoms with Gasteiger partial charge in [-0.05, 0) is 42.2 Å². The van der Waals surface area contributed by atoms with E-state index in [0.29, 0.717) is 11.5 Å². The van der Waals surface area contributed by atoms with Gasteiger partial charge in [0.05, 0.1) is 14.2 Å². The highest BCUT2D eigenvalue weighted by Gasteiger charge is 2.22. The quantitative estimate of drug-likeness (QED) is 0.938. The maximum atomic E-state index is 9.58. The van der Waals surface area contributed by atoms with Gasteiger partial charge in [0, 0.05) is 6.07 Å². The van der Waals surface area contributed by atoms with Crippen molar-refractivity contribution in [3.63, 3.8) is 0 Å². The molecule has 1 aliphatic heterocycles. The average Bonchev–Trinajstić information content (AvgIpc) is 2.53. The van der Waals surface area contributed by atoms with Gasteiger partial charge in [0.25, 0.3) is 0 Å². The van der Waals surface area contributed by atoms with Crippen molar-refractivity contribution in [1.82, 2.24) is 0 Å². The molecule has 0 fully saturated rings. The Morgan fingerprint density at radius 3 is 2.62 bits per heavy atom. The van der Waals surface area contributed by atoms with Crippen LogP contribution in [0.1, 0.15) is 23.7 Å². The summed E-state index contributed by atoms with van der Waals surface area (Å²) >= 11 is 0. The summed E-state index contributed by atoms with van der Waals surface area (Å²) in [6.45, 7) is 0. The fourth-order valence-electron chi connectivity index (χ4n) is 2.65. The highest BCUT2D eigenvalue weighted by atomic mass is 16.5. The summed E-state index contributed by atoms with van der Waals surface area (Å²) in [7, 11) is 3.24. The first kappa shape index (κ1) is 13.6. The summed E-state index contributed by atoms with van der Waals surface area (Å²) < 4.78 is 16.6. The van der Waals surface area contributed by atoms with Crippen molar-refractivity contribution in [1.29, 1.82) is 0 Å². The highest BCUT2D eigenvalue weighted by Crippen LogP contribution is 2.39. The zero-order valence-corrected chi connectivity index (χ0v) is 12.1. The van der Waals surface area contributed by atoms with Gasteiger partial charge in [-0.25, -0.2) is 0 Å². The Kier molecular flexibility index (Phi) is 3.60. The molecule has 1 heterocycles. The van der Waals surface area contributed by atoms with Crippen LogP contribution in [0.2, 0.25) is 0 Å². The van der Waals surface area contributed by atoms with Crippen LogP contribution in [0.5, 0.6) is 23.0 Å². The molecule has 1 N–H and O–H groups in total. The van der Waals surface area contributed by atoms with E-state index in [1.807, 2.05) is 24.3 Å². The van der Waals surface area contributed by atoms with Crippen molar-refractivity contribution in [3.05, 3.63) is 47.5 Å². The number of phenolic OH excluding ortho intramolecular Hbond substituents is 1. The Morgan fingerprint density at radius 1 is 1.05 bits per heavy atom. The fourth-order valence-corrected chi connectivity index (χ4v) is 2.65. The van der Waals surface area contributed by atoms with Gasteiger partial charge >= 0.3 is 0 Å². The van der Waals surface area contributed by atoms with Crippen LogP contribution in [0, 0.1) is 0 Å². The Morgan fingerprint density at radius 2 is 1.86 bits per heavy atom. The van der Waals surface area contributed by atoms with Gasteiger partial charge in [0.2, 0.25) is 0 Å². The predicted octanol–water partition coefficient (Wildman–Crippen LogP) is 3.48. The molecule has 0 spiro atoms. The van der Waals surface area contributed by atoms with Crippen LogP contribution >= 0.6 is 0 Å². The lowest BCUT2D eigenvalue weighted by Crippen LogP contribution is -2.15. The minimum atomic E-state index is -0.0425. The second-order valence-corrected chi connectivity index (χ2v) is 5.05. The second kappa shape index (κ2) is 5.56.